The van der Waals surface area contributed by atoms with Crippen molar-refractivity contribution in [3.63, 3.8) is 0 Å². The summed E-state index contributed by atoms with van der Waals surface area (Å²) in [6, 6.07) is 7.94. The lowest BCUT2D eigenvalue weighted by Crippen LogP contribution is -2.45. The van der Waals surface area contributed by atoms with Crippen LogP contribution in [-0.2, 0) is 9.53 Å². The smallest absolute Gasteiger partial charge is 0.308 e. The van der Waals surface area contributed by atoms with Gasteiger partial charge in [0.25, 0.3) is 0 Å². The highest BCUT2D eigenvalue weighted by Crippen LogP contribution is 2.25. The van der Waals surface area contributed by atoms with E-state index in [2.05, 4.69) is 15.6 Å². The van der Waals surface area contributed by atoms with E-state index in [4.69, 9.17) is 14.2 Å². The van der Waals surface area contributed by atoms with Crippen molar-refractivity contribution in [2.45, 2.75) is 45.1 Å². The topological polar surface area (TPSA) is 81.2 Å². The summed E-state index contributed by atoms with van der Waals surface area (Å²) in [5.41, 5.74) is 0. The molecule has 0 amide bonds. The average molecular weight is 519 g/mol. The van der Waals surface area contributed by atoms with Crippen molar-refractivity contribution < 1.29 is 19.0 Å². The van der Waals surface area contributed by atoms with E-state index in [1.165, 1.54) is 0 Å². The Labute approximate surface area is 191 Å². The van der Waals surface area contributed by atoms with Crippen LogP contribution in [-0.4, -0.2) is 51.9 Å². The molecule has 0 unspecified atom stereocenters. The number of carbonyl (C=O) groups is 1. The molecule has 29 heavy (non-hydrogen) atoms. The Balaban J connectivity index is 0.00000420. The Kier molecular flexibility index (Phi) is 12.5. The summed E-state index contributed by atoms with van der Waals surface area (Å²) >= 11 is 0. The molecule has 0 aliphatic heterocycles. The van der Waals surface area contributed by atoms with Gasteiger partial charge in [-0.3, -0.25) is 9.79 Å². The van der Waals surface area contributed by atoms with Gasteiger partial charge in [-0.2, -0.15) is 0 Å². The first kappa shape index (κ1) is 25.3. The zero-order chi connectivity index (χ0) is 20.2. The summed E-state index contributed by atoms with van der Waals surface area (Å²) in [4.78, 5) is 16.1. The van der Waals surface area contributed by atoms with Crippen LogP contribution in [0.3, 0.4) is 0 Å². The Morgan fingerprint density at radius 3 is 2.59 bits per heavy atom. The summed E-state index contributed by atoms with van der Waals surface area (Å²) < 4.78 is 16.1. The Hall–Kier alpha value is -1.71. The molecular weight excluding hydrogens is 485 g/mol. The standard InChI is InChI=1S/C21H33N3O4.HI/c1-4-27-20(25)16-9-11-17(12-10-16)24-21(22-2)23-13-6-14-28-19-8-5-7-18(15-19)26-3;/h5,7-8,15-17H,4,6,9-14H2,1-3H3,(H2,22,23,24);1H. The van der Waals surface area contributed by atoms with Crippen molar-refractivity contribution in [3.8, 4) is 11.5 Å². The number of aliphatic imine (C=N–C) groups is 1. The zero-order valence-electron chi connectivity index (χ0n) is 17.6. The van der Waals surface area contributed by atoms with Crippen molar-refractivity contribution in [1.82, 2.24) is 10.6 Å². The maximum Gasteiger partial charge on any atom is 0.308 e. The van der Waals surface area contributed by atoms with Crippen molar-refractivity contribution in [2.75, 3.05) is 33.9 Å². The van der Waals surface area contributed by atoms with E-state index in [0.717, 1.165) is 56.1 Å². The molecule has 0 aromatic heterocycles. The van der Waals surface area contributed by atoms with Crippen LogP contribution in [0.1, 0.15) is 39.0 Å². The summed E-state index contributed by atoms with van der Waals surface area (Å²) in [5, 5.41) is 6.77. The second-order valence-corrected chi connectivity index (χ2v) is 6.82. The number of carbonyl (C=O) groups excluding carboxylic acids is 1. The first-order valence-corrected chi connectivity index (χ1v) is 10.1. The van der Waals surface area contributed by atoms with Crippen LogP contribution in [0.5, 0.6) is 11.5 Å². The average Bonchev–Trinajstić information content (AvgIpc) is 2.73. The number of guanidine groups is 1. The maximum absolute atomic E-state index is 11.8. The summed E-state index contributed by atoms with van der Waals surface area (Å²) in [7, 11) is 3.41. The second kappa shape index (κ2) is 14.3. The lowest BCUT2D eigenvalue weighted by atomic mass is 9.86. The first-order chi connectivity index (χ1) is 13.7. The monoisotopic (exact) mass is 519 g/mol. The van der Waals surface area contributed by atoms with E-state index in [0.29, 0.717) is 19.3 Å². The number of hydrogen-bond acceptors (Lipinski definition) is 5. The maximum atomic E-state index is 11.8. The van der Waals surface area contributed by atoms with Crippen LogP contribution in [0, 0.1) is 5.92 Å². The first-order valence-electron chi connectivity index (χ1n) is 10.1. The van der Waals surface area contributed by atoms with Gasteiger partial charge in [0, 0.05) is 25.7 Å². The van der Waals surface area contributed by atoms with E-state index >= 15 is 0 Å². The van der Waals surface area contributed by atoms with Gasteiger partial charge in [-0.15, -0.1) is 24.0 Å². The normalized spacial score (nSPS) is 18.9. The quantitative estimate of drug-likeness (QED) is 0.171. The van der Waals surface area contributed by atoms with Gasteiger partial charge in [0.15, 0.2) is 5.96 Å². The number of esters is 1. The van der Waals surface area contributed by atoms with Crippen molar-refractivity contribution in [3.05, 3.63) is 24.3 Å². The molecule has 1 saturated carbocycles. The Bertz CT molecular complexity index is 634. The van der Waals surface area contributed by atoms with Crippen molar-refractivity contribution >= 4 is 35.9 Å². The minimum Gasteiger partial charge on any atom is -0.497 e. The number of nitrogens with one attached hydrogen (secondary N) is 2. The van der Waals surface area contributed by atoms with E-state index in [1.807, 2.05) is 31.2 Å². The minimum atomic E-state index is -0.0560. The third-order valence-corrected chi connectivity index (χ3v) is 4.84. The van der Waals surface area contributed by atoms with Crippen LogP contribution in [0.4, 0.5) is 0 Å². The molecular formula is C21H34IN3O4. The number of halogens is 1. The molecule has 1 aromatic carbocycles. The lowest BCUT2D eigenvalue weighted by molar-refractivity contribution is -0.149. The molecule has 0 atom stereocenters. The lowest BCUT2D eigenvalue weighted by Gasteiger charge is -2.29. The van der Waals surface area contributed by atoms with Gasteiger partial charge >= 0.3 is 5.97 Å². The van der Waals surface area contributed by atoms with Crippen LogP contribution in [0.2, 0.25) is 0 Å². The number of methoxy groups -OCH3 is 1. The van der Waals surface area contributed by atoms with Crippen LogP contribution >= 0.6 is 24.0 Å². The summed E-state index contributed by atoms with van der Waals surface area (Å²) in [6.45, 7) is 3.68. The number of ether oxygens (including phenoxy) is 3. The molecule has 0 radical (unpaired) electrons. The molecule has 0 spiro atoms. The van der Waals surface area contributed by atoms with Crippen LogP contribution in [0.25, 0.3) is 0 Å². The predicted molar refractivity (Wildman–Crippen MR) is 125 cm³/mol. The van der Waals surface area contributed by atoms with Gasteiger partial charge < -0.3 is 24.8 Å². The highest BCUT2D eigenvalue weighted by Gasteiger charge is 2.27. The number of rotatable bonds is 9. The van der Waals surface area contributed by atoms with E-state index in [-0.39, 0.29) is 35.9 Å². The molecule has 1 fully saturated rings. The molecule has 164 valence electrons. The molecule has 0 heterocycles. The van der Waals surface area contributed by atoms with Gasteiger partial charge in [0.05, 0.1) is 26.2 Å². The van der Waals surface area contributed by atoms with Crippen molar-refractivity contribution in [1.29, 1.82) is 0 Å². The molecule has 0 saturated heterocycles. The Morgan fingerprint density at radius 1 is 1.21 bits per heavy atom. The number of hydrogen-bond donors (Lipinski definition) is 2. The van der Waals surface area contributed by atoms with Gasteiger partial charge in [-0.1, -0.05) is 6.07 Å². The molecule has 7 nitrogen and oxygen atoms in total. The molecule has 1 aliphatic carbocycles. The molecule has 0 bridgehead atoms. The van der Waals surface area contributed by atoms with Crippen LogP contribution < -0.4 is 20.1 Å². The molecule has 2 rings (SSSR count). The van der Waals surface area contributed by atoms with E-state index in [9.17, 15) is 4.79 Å². The number of benzene rings is 1. The zero-order valence-corrected chi connectivity index (χ0v) is 19.9. The summed E-state index contributed by atoms with van der Waals surface area (Å²) in [5.74, 6) is 2.38. The fourth-order valence-electron chi connectivity index (χ4n) is 3.28. The SMILES string of the molecule is CCOC(=O)C1CCC(NC(=NC)NCCCOc2cccc(OC)c2)CC1.I. The fraction of sp³-hybridized carbons (Fsp3) is 0.619. The molecule has 8 heteroatoms. The molecule has 1 aliphatic rings. The van der Waals surface area contributed by atoms with Crippen molar-refractivity contribution in [2.24, 2.45) is 10.9 Å². The largest absolute Gasteiger partial charge is 0.497 e. The third-order valence-electron chi connectivity index (χ3n) is 4.84. The Morgan fingerprint density at radius 2 is 1.93 bits per heavy atom. The van der Waals surface area contributed by atoms with E-state index in [1.54, 1.807) is 14.2 Å². The van der Waals surface area contributed by atoms with Gasteiger partial charge in [-0.25, -0.2) is 0 Å². The minimum absolute atomic E-state index is 0. The van der Waals surface area contributed by atoms with Gasteiger partial charge in [0.2, 0.25) is 0 Å². The highest BCUT2D eigenvalue weighted by atomic mass is 127. The van der Waals surface area contributed by atoms with Crippen LogP contribution in [0.15, 0.2) is 29.3 Å². The van der Waals surface area contributed by atoms with Gasteiger partial charge in [0.1, 0.15) is 11.5 Å². The van der Waals surface area contributed by atoms with Gasteiger partial charge in [-0.05, 0) is 51.2 Å². The highest BCUT2D eigenvalue weighted by molar-refractivity contribution is 14.0. The molecule has 2 N–H and O–H groups in total. The second-order valence-electron chi connectivity index (χ2n) is 6.82. The predicted octanol–water partition coefficient (Wildman–Crippen LogP) is 3.37. The third kappa shape index (κ3) is 9.10. The fourth-order valence-corrected chi connectivity index (χ4v) is 3.28. The number of nitrogens with zero attached hydrogens (tertiary/aromatic N) is 1. The summed E-state index contributed by atoms with van der Waals surface area (Å²) in [6.07, 6.45) is 4.48. The molecule has 1 aromatic rings. The van der Waals surface area contributed by atoms with E-state index < -0.39 is 0 Å².